The molecule has 0 aliphatic heterocycles. The van der Waals surface area contributed by atoms with E-state index in [0.717, 1.165) is 5.56 Å². The number of nitrogens with one attached hydrogen (secondary N) is 1. The molecule has 1 heterocycles. The molecule has 1 amide bonds. The van der Waals surface area contributed by atoms with E-state index in [-0.39, 0.29) is 0 Å². The summed E-state index contributed by atoms with van der Waals surface area (Å²) in [5.41, 5.74) is 1.49. The minimum Gasteiger partial charge on any atom is -0.497 e. The number of benzene rings is 2. The highest BCUT2D eigenvalue weighted by Crippen LogP contribution is 2.18. The summed E-state index contributed by atoms with van der Waals surface area (Å²) in [5, 5.41) is 13.7. The van der Waals surface area contributed by atoms with Crippen LogP contribution in [-0.2, 0) is 20.7 Å². The second-order valence-corrected chi connectivity index (χ2v) is 6.29. The van der Waals surface area contributed by atoms with E-state index in [1.807, 2.05) is 30.3 Å². The summed E-state index contributed by atoms with van der Waals surface area (Å²) in [4.78, 5) is 25.2. The van der Waals surface area contributed by atoms with E-state index >= 15 is 0 Å². The smallest absolute Gasteiger partial charge is 0.332 e. The maximum atomic E-state index is 12.8. The Balaban J connectivity index is 1.65. The monoisotopic (exact) mass is 395 g/mol. The molecule has 0 radical (unpaired) electrons. The van der Waals surface area contributed by atoms with Crippen molar-refractivity contribution < 1.29 is 19.1 Å². The predicted octanol–water partition coefficient (Wildman–Crippen LogP) is 2.04. The third-order valence-electron chi connectivity index (χ3n) is 4.25. The Hall–Kier alpha value is -3.75. The van der Waals surface area contributed by atoms with Gasteiger partial charge >= 0.3 is 5.97 Å². The fourth-order valence-corrected chi connectivity index (χ4v) is 2.66. The van der Waals surface area contributed by atoms with Crippen LogP contribution in [0.15, 0.2) is 60.9 Å². The molecule has 2 aromatic carbocycles. The number of methoxy groups -OCH3 is 1. The van der Waals surface area contributed by atoms with Gasteiger partial charge in [-0.3, -0.25) is 4.79 Å². The van der Waals surface area contributed by atoms with Crippen LogP contribution in [0.5, 0.6) is 5.75 Å². The summed E-state index contributed by atoms with van der Waals surface area (Å²) in [5.74, 6) is -0.370. The minimum atomic E-state index is -1.00. The molecule has 29 heavy (non-hydrogen) atoms. The van der Waals surface area contributed by atoms with Crippen molar-refractivity contribution in [1.29, 1.82) is 0 Å². The second-order valence-electron chi connectivity index (χ2n) is 6.29. The van der Waals surface area contributed by atoms with Gasteiger partial charge in [-0.25, -0.2) is 9.48 Å². The largest absolute Gasteiger partial charge is 0.497 e. The van der Waals surface area contributed by atoms with Gasteiger partial charge in [0.2, 0.25) is 0 Å². The van der Waals surface area contributed by atoms with Crippen molar-refractivity contribution in [2.24, 2.45) is 0 Å². The molecular formula is C20H21N5O4. The van der Waals surface area contributed by atoms with Gasteiger partial charge in [0.25, 0.3) is 5.91 Å². The summed E-state index contributed by atoms with van der Waals surface area (Å²) in [6.45, 7) is 1.51. The van der Waals surface area contributed by atoms with Gasteiger partial charge in [0, 0.05) is 12.1 Å². The Morgan fingerprint density at radius 1 is 1.10 bits per heavy atom. The summed E-state index contributed by atoms with van der Waals surface area (Å²) in [6.07, 6.45) is 0.674. The Bertz CT molecular complexity index is 929. The number of esters is 1. The van der Waals surface area contributed by atoms with Gasteiger partial charge in [0.05, 0.1) is 7.11 Å². The molecule has 3 aromatic rings. The number of ether oxygens (including phenoxy) is 2. The van der Waals surface area contributed by atoms with Gasteiger partial charge in [0.1, 0.15) is 12.1 Å². The van der Waals surface area contributed by atoms with Crippen LogP contribution in [0, 0.1) is 0 Å². The van der Waals surface area contributed by atoms with E-state index in [1.54, 1.807) is 31.4 Å². The van der Waals surface area contributed by atoms with E-state index in [1.165, 1.54) is 17.9 Å². The van der Waals surface area contributed by atoms with Gasteiger partial charge in [-0.2, -0.15) is 0 Å². The number of carbonyl (C=O) groups excluding carboxylic acids is 2. The van der Waals surface area contributed by atoms with Crippen LogP contribution in [-0.4, -0.2) is 45.3 Å². The normalized spacial score (nSPS) is 12.6. The molecule has 0 saturated carbocycles. The van der Waals surface area contributed by atoms with Crippen LogP contribution in [0.3, 0.4) is 0 Å². The second kappa shape index (κ2) is 9.45. The van der Waals surface area contributed by atoms with E-state index in [0.29, 0.717) is 17.9 Å². The third-order valence-corrected chi connectivity index (χ3v) is 4.25. The van der Waals surface area contributed by atoms with Crippen LogP contribution >= 0.6 is 0 Å². The molecule has 0 aliphatic carbocycles. The highest BCUT2D eigenvalue weighted by molar-refractivity contribution is 5.95. The topological polar surface area (TPSA) is 108 Å². The van der Waals surface area contributed by atoms with Crippen molar-refractivity contribution in [3.05, 3.63) is 66.5 Å². The molecule has 9 heteroatoms. The lowest BCUT2D eigenvalue weighted by Crippen LogP contribution is -2.34. The first-order valence-electron chi connectivity index (χ1n) is 8.98. The Morgan fingerprint density at radius 2 is 1.83 bits per heavy atom. The molecular weight excluding hydrogens is 374 g/mol. The molecule has 0 aliphatic rings. The molecule has 0 bridgehead atoms. The lowest BCUT2D eigenvalue weighted by molar-refractivity contribution is -0.156. The summed E-state index contributed by atoms with van der Waals surface area (Å²) in [7, 11) is 1.56. The zero-order valence-corrected chi connectivity index (χ0v) is 16.1. The lowest BCUT2D eigenvalue weighted by Gasteiger charge is -2.19. The number of hydrogen-bond acceptors (Lipinski definition) is 7. The highest BCUT2D eigenvalue weighted by atomic mass is 16.5. The van der Waals surface area contributed by atoms with Crippen molar-refractivity contribution in [2.75, 3.05) is 12.4 Å². The molecule has 1 aromatic heterocycles. The maximum Gasteiger partial charge on any atom is 0.332 e. The van der Waals surface area contributed by atoms with E-state index < -0.39 is 24.0 Å². The van der Waals surface area contributed by atoms with Crippen molar-refractivity contribution in [2.45, 2.75) is 25.5 Å². The lowest BCUT2D eigenvalue weighted by atomic mass is 10.1. The predicted molar refractivity (Wildman–Crippen MR) is 104 cm³/mol. The Kier molecular flexibility index (Phi) is 6.51. The zero-order chi connectivity index (χ0) is 20.6. The zero-order valence-electron chi connectivity index (χ0n) is 16.1. The number of rotatable bonds is 8. The third kappa shape index (κ3) is 5.38. The first-order valence-corrected chi connectivity index (χ1v) is 8.98. The fourth-order valence-electron chi connectivity index (χ4n) is 2.66. The first-order chi connectivity index (χ1) is 14.1. The van der Waals surface area contributed by atoms with Crippen molar-refractivity contribution >= 4 is 17.6 Å². The molecule has 0 spiro atoms. The Morgan fingerprint density at radius 3 is 2.45 bits per heavy atom. The molecule has 0 unspecified atom stereocenters. The van der Waals surface area contributed by atoms with E-state index in [4.69, 9.17) is 9.47 Å². The summed E-state index contributed by atoms with van der Waals surface area (Å²) >= 11 is 0. The standard InChI is InChI=1S/C20H21N5O4/c1-14(19(26)22-16-8-10-17(28-2)11-9-16)29-20(27)18(25-13-21-23-24-25)12-15-6-4-3-5-7-15/h3-11,13-14,18H,12H2,1-2H3,(H,22,26)/t14-,18+/m0/s1. The summed E-state index contributed by atoms with van der Waals surface area (Å²) < 4.78 is 11.8. The van der Waals surface area contributed by atoms with Crippen molar-refractivity contribution in [3.63, 3.8) is 0 Å². The van der Waals surface area contributed by atoms with E-state index in [2.05, 4.69) is 20.8 Å². The molecule has 150 valence electrons. The quantitative estimate of drug-likeness (QED) is 0.581. The molecule has 0 fully saturated rings. The molecule has 3 rings (SSSR count). The number of tetrazole rings is 1. The van der Waals surface area contributed by atoms with Gasteiger partial charge in [-0.15, -0.1) is 5.10 Å². The molecule has 9 nitrogen and oxygen atoms in total. The summed E-state index contributed by atoms with van der Waals surface area (Å²) in [6, 6.07) is 15.5. The average molecular weight is 395 g/mol. The number of amides is 1. The molecule has 1 N–H and O–H groups in total. The number of hydrogen-bond donors (Lipinski definition) is 1. The number of nitrogens with zero attached hydrogens (tertiary/aromatic N) is 4. The van der Waals surface area contributed by atoms with Crippen LogP contribution < -0.4 is 10.1 Å². The van der Waals surface area contributed by atoms with Crippen LogP contribution in [0.1, 0.15) is 18.5 Å². The van der Waals surface area contributed by atoms with Gasteiger partial charge in [-0.1, -0.05) is 30.3 Å². The van der Waals surface area contributed by atoms with Crippen LogP contribution in [0.4, 0.5) is 5.69 Å². The number of carbonyl (C=O) groups is 2. The molecule has 0 saturated heterocycles. The number of anilines is 1. The van der Waals surface area contributed by atoms with Gasteiger partial charge < -0.3 is 14.8 Å². The van der Waals surface area contributed by atoms with Crippen molar-refractivity contribution in [3.8, 4) is 5.75 Å². The average Bonchev–Trinajstić information content (AvgIpc) is 3.27. The Labute approximate surface area is 167 Å². The van der Waals surface area contributed by atoms with Gasteiger partial charge in [-0.05, 0) is 47.2 Å². The number of aromatic nitrogens is 4. The van der Waals surface area contributed by atoms with Gasteiger partial charge in [0.15, 0.2) is 12.1 Å². The highest BCUT2D eigenvalue weighted by Gasteiger charge is 2.27. The van der Waals surface area contributed by atoms with Crippen molar-refractivity contribution in [1.82, 2.24) is 20.2 Å². The van der Waals surface area contributed by atoms with Crippen LogP contribution in [0.25, 0.3) is 0 Å². The minimum absolute atomic E-state index is 0.331. The SMILES string of the molecule is COc1ccc(NC(=O)[C@H](C)OC(=O)[C@@H](Cc2ccccc2)n2cnnn2)cc1. The fraction of sp³-hybridized carbons (Fsp3) is 0.250. The maximum absolute atomic E-state index is 12.8. The first kappa shape index (κ1) is 20.0. The van der Waals surface area contributed by atoms with E-state index in [9.17, 15) is 9.59 Å². The van der Waals surface area contributed by atoms with Crippen LogP contribution in [0.2, 0.25) is 0 Å². The molecule has 2 atom stereocenters.